The third-order valence-electron chi connectivity index (χ3n) is 4.31. The van der Waals surface area contributed by atoms with Gasteiger partial charge in [-0.1, -0.05) is 38.1 Å². The van der Waals surface area contributed by atoms with E-state index >= 15 is 0 Å². The van der Waals surface area contributed by atoms with Crippen molar-refractivity contribution in [3.8, 4) is 11.3 Å². The molecule has 0 bridgehead atoms. The molecule has 2 aromatic rings. The highest BCUT2D eigenvalue weighted by Crippen LogP contribution is 2.20. The molecule has 0 aliphatic rings. The molecule has 0 saturated heterocycles. The van der Waals surface area contributed by atoms with Crippen LogP contribution < -0.4 is 10.0 Å². The number of benzene rings is 1. The maximum absolute atomic E-state index is 12.2. The Bertz CT molecular complexity index is 892. The van der Waals surface area contributed by atoms with Crippen LogP contribution in [0.1, 0.15) is 35.5 Å². The average Bonchev–Trinajstić information content (AvgIpc) is 2.67. The molecule has 0 saturated carbocycles. The van der Waals surface area contributed by atoms with Crippen LogP contribution >= 0.6 is 0 Å². The summed E-state index contributed by atoms with van der Waals surface area (Å²) in [6.45, 7) is 6.50. The molecule has 0 unspecified atom stereocenters. The lowest BCUT2D eigenvalue weighted by Crippen LogP contribution is -2.40. The van der Waals surface area contributed by atoms with Crippen LogP contribution in [0, 0.1) is 6.92 Å². The molecular formula is C19H26N4O3S. The van der Waals surface area contributed by atoms with Crippen LogP contribution in [0.3, 0.4) is 0 Å². The Morgan fingerprint density at radius 3 is 2.22 bits per heavy atom. The molecule has 1 aromatic carbocycles. The van der Waals surface area contributed by atoms with Gasteiger partial charge in [0.25, 0.3) is 16.1 Å². The van der Waals surface area contributed by atoms with E-state index in [2.05, 4.69) is 15.0 Å². The van der Waals surface area contributed by atoms with E-state index in [4.69, 9.17) is 0 Å². The Balaban J connectivity index is 2.11. The molecule has 2 N–H and O–H groups in total. The second kappa shape index (κ2) is 9.07. The van der Waals surface area contributed by atoms with Crippen molar-refractivity contribution < 1.29 is 13.2 Å². The van der Waals surface area contributed by atoms with Gasteiger partial charge in [0.05, 0.1) is 17.0 Å². The van der Waals surface area contributed by atoms with E-state index in [1.165, 1.54) is 4.31 Å². The average molecular weight is 391 g/mol. The minimum Gasteiger partial charge on any atom is -0.355 e. The largest absolute Gasteiger partial charge is 0.355 e. The van der Waals surface area contributed by atoms with E-state index in [-0.39, 0.29) is 12.5 Å². The summed E-state index contributed by atoms with van der Waals surface area (Å²) in [5.41, 5.74) is 3.71. The lowest BCUT2D eigenvalue weighted by atomic mass is 10.1. The predicted molar refractivity (Wildman–Crippen MR) is 106 cm³/mol. The third-order valence-corrected chi connectivity index (χ3v) is 6.02. The number of rotatable bonds is 8. The van der Waals surface area contributed by atoms with Gasteiger partial charge in [-0.05, 0) is 24.6 Å². The summed E-state index contributed by atoms with van der Waals surface area (Å²) >= 11 is 0. The van der Waals surface area contributed by atoms with E-state index in [0.717, 1.165) is 16.8 Å². The summed E-state index contributed by atoms with van der Waals surface area (Å²) in [6.07, 6.45) is 0. The van der Waals surface area contributed by atoms with E-state index < -0.39 is 10.2 Å². The summed E-state index contributed by atoms with van der Waals surface area (Å²) < 4.78 is 28.3. The maximum atomic E-state index is 12.2. The van der Waals surface area contributed by atoms with Gasteiger partial charge in [0, 0.05) is 32.2 Å². The summed E-state index contributed by atoms with van der Waals surface area (Å²) in [5, 5.41) is 2.59. The smallest absolute Gasteiger partial charge is 0.279 e. The van der Waals surface area contributed by atoms with Gasteiger partial charge in [0.15, 0.2) is 0 Å². The third kappa shape index (κ3) is 5.12. The summed E-state index contributed by atoms with van der Waals surface area (Å²) in [4.78, 5) is 16.3. The van der Waals surface area contributed by atoms with Crippen LogP contribution in [0.5, 0.6) is 0 Å². The molecule has 1 aromatic heterocycles. The number of hydrogen-bond acceptors (Lipinski definition) is 4. The topological polar surface area (TPSA) is 91.4 Å². The minimum absolute atomic E-state index is 0.164. The second-order valence-electron chi connectivity index (χ2n) is 6.02. The van der Waals surface area contributed by atoms with Crippen molar-refractivity contribution >= 4 is 16.1 Å². The number of amides is 1. The molecule has 0 atom stereocenters. The van der Waals surface area contributed by atoms with Crippen LogP contribution in [0.15, 0.2) is 36.4 Å². The standard InChI is InChI=1S/C19H26N4O3S/c1-5-23(6-2)27(25,26)21-13-15-7-9-16(10-8-15)18-12-11-17(14(3)22-18)19(24)20-4/h7-12,21H,5-6,13H2,1-4H3,(H,20,24). The van der Waals surface area contributed by atoms with Crippen LogP contribution in [-0.4, -0.2) is 43.8 Å². The summed E-state index contributed by atoms with van der Waals surface area (Å²) in [6, 6.07) is 11.1. The van der Waals surface area contributed by atoms with Crippen molar-refractivity contribution in [3.05, 3.63) is 53.2 Å². The molecule has 0 aliphatic carbocycles. The van der Waals surface area contributed by atoms with Crippen molar-refractivity contribution in [1.82, 2.24) is 19.3 Å². The molecule has 27 heavy (non-hydrogen) atoms. The molecule has 7 nitrogen and oxygen atoms in total. The van der Waals surface area contributed by atoms with Gasteiger partial charge in [0.2, 0.25) is 0 Å². The quantitative estimate of drug-likeness (QED) is 0.722. The molecule has 2 rings (SSSR count). The molecule has 0 aliphatic heterocycles. The number of aromatic nitrogens is 1. The fourth-order valence-corrected chi connectivity index (χ4v) is 3.93. The molecule has 0 fully saturated rings. The highest BCUT2D eigenvalue weighted by atomic mass is 32.2. The molecular weight excluding hydrogens is 364 g/mol. The number of carbonyl (C=O) groups excluding carboxylic acids is 1. The number of hydrogen-bond donors (Lipinski definition) is 2. The zero-order chi connectivity index (χ0) is 20.0. The number of aryl methyl sites for hydroxylation is 1. The molecule has 8 heteroatoms. The van der Waals surface area contributed by atoms with E-state index in [1.807, 2.05) is 38.1 Å². The Kier molecular flexibility index (Phi) is 7.06. The van der Waals surface area contributed by atoms with Gasteiger partial charge in [-0.15, -0.1) is 0 Å². The zero-order valence-electron chi connectivity index (χ0n) is 16.1. The minimum atomic E-state index is -3.47. The van der Waals surface area contributed by atoms with E-state index in [9.17, 15) is 13.2 Å². The van der Waals surface area contributed by atoms with Gasteiger partial charge in [-0.25, -0.2) is 0 Å². The highest BCUT2D eigenvalue weighted by molar-refractivity contribution is 7.87. The number of pyridine rings is 1. The van der Waals surface area contributed by atoms with Crippen LogP contribution in [0.2, 0.25) is 0 Å². The van der Waals surface area contributed by atoms with Gasteiger partial charge >= 0.3 is 0 Å². The zero-order valence-corrected chi connectivity index (χ0v) is 16.9. The summed E-state index contributed by atoms with van der Waals surface area (Å²) in [7, 11) is -1.88. The molecule has 1 heterocycles. The van der Waals surface area contributed by atoms with Gasteiger partial charge < -0.3 is 5.32 Å². The maximum Gasteiger partial charge on any atom is 0.279 e. The van der Waals surface area contributed by atoms with Crippen LogP contribution in [0.25, 0.3) is 11.3 Å². The molecule has 1 amide bonds. The SMILES string of the molecule is CCN(CC)S(=O)(=O)NCc1ccc(-c2ccc(C(=O)NC)c(C)n2)cc1. The highest BCUT2D eigenvalue weighted by Gasteiger charge is 2.17. The van der Waals surface area contributed by atoms with Crippen molar-refractivity contribution in [2.24, 2.45) is 0 Å². The second-order valence-corrected chi connectivity index (χ2v) is 7.77. The fourth-order valence-electron chi connectivity index (χ4n) is 2.72. The lowest BCUT2D eigenvalue weighted by molar-refractivity contribution is 0.0962. The first kappa shape index (κ1) is 21.0. The van der Waals surface area contributed by atoms with Crippen molar-refractivity contribution in [2.75, 3.05) is 20.1 Å². The Hall–Kier alpha value is -2.29. The number of carbonyl (C=O) groups is 1. The van der Waals surface area contributed by atoms with Crippen molar-refractivity contribution in [2.45, 2.75) is 27.3 Å². The summed E-state index contributed by atoms with van der Waals surface area (Å²) in [5.74, 6) is -0.164. The first-order chi connectivity index (χ1) is 12.8. The van der Waals surface area contributed by atoms with Crippen LogP contribution in [0.4, 0.5) is 0 Å². The van der Waals surface area contributed by atoms with Crippen molar-refractivity contribution in [3.63, 3.8) is 0 Å². The lowest BCUT2D eigenvalue weighted by Gasteiger charge is -2.18. The van der Waals surface area contributed by atoms with Crippen molar-refractivity contribution in [1.29, 1.82) is 0 Å². The van der Waals surface area contributed by atoms with Gasteiger partial charge in [-0.3, -0.25) is 9.78 Å². The Morgan fingerprint density at radius 2 is 1.70 bits per heavy atom. The normalized spacial score (nSPS) is 11.6. The van der Waals surface area contributed by atoms with Crippen LogP contribution in [-0.2, 0) is 16.8 Å². The first-order valence-corrected chi connectivity index (χ1v) is 10.3. The number of nitrogens with one attached hydrogen (secondary N) is 2. The predicted octanol–water partition coefficient (Wildman–Crippen LogP) is 2.09. The first-order valence-electron chi connectivity index (χ1n) is 8.86. The van der Waals surface area contributed by atoms with Gasteiger partial charge in [-0.2, -0.15) is 17.4 Å². The van der Waals surface area contributed by atoms with E-state index in [1.54, 1.807) is 26.1 Å². The molecule has 146 valence electrons. The Morgan fingerprint density at radius 1 is 1.07 bits per heavy atom. The fraction of sp³-hybridized carbons (Fsp3) is 0.368. The molecule has 0 radical (unpaired) electrons. The number of nitrogens with zero attached hydrogens (tertiary/aromatic N) is 2. The monoisotopic (exact) mass is 390 g/mol. The molecule has 0 spiro atoms. The van der Waals surface area contributed by atoms with Gasteiger partial charge in [0.1, 0.15) is 0 Å². The Labute approximate surface area is 161 Å². The van der Waals surface area contributed by atoms with E-state index in [0.29, 0.717) is 24.3 Å².